The molecule has 4 rings (SSSR count). The molecule has 2 N–H and O–H groups in total. The van der Waals surface area contributed by atoms with Crippen molar-refractivity contribution < 1.29 is 285 Å². The molecular weight excluding hydrogens is 961 g/mol. The van der Waals surface area contributed by atoms with Gasteiger partial charge in [0.2, 0.25) is 5.88 Å². The second-order valence-electron chi connectivity index (χ2n) is 9.78. The summed E-state index contributed by atoms with van der Waals surface area (Å²) in [7, 11) is -10.4. The Morgan fingerprint density at radius 2 is 1.45 bits per heavy atom. The number of carbonyl (C=O) groups excluding carboxylic acids is 2. The van der Waals surface area contributed by atoms with Gasteiger partial charge in [-0.3, -0.25) is 14.9 Å². The summed E-state index contributed by atoms with van der Waals surface area (Å²) < 4.78 is 86.1. The molecule has 0 radical (unpaired) electrons. The molecule has 1 amide bonds. The smallest absolute Gasteiger partial charge is 0.744 e. The van der Waals surface area contributed by atoms with Crippen LogP contribution < -0.4 is 221 Å². The van der Waals surface area contributed by atoms with Gasteiger partial charge in [0, 0.05) is 9.79 Å². The van der Waals surface area contributed by atoms with Gasteiger partial charge in [-0.05, 0) is 55.5 Å². The largest absolute Gasteiger partial charge is 1.00 e. The van der Waals surface area contributed by atoms with Crippen molar-refractivity contribution in [2.75, 3.05) is 11.6 Å². The number of nitrogens with zero attached hydrogens (tertiary/aromatic N) is 4. The molecule has 58 heavy (non-hydrogen) atoms. The molecule has 0 saturated carbocycles. The van der Waals surface area contributed by atoms with E-state index < -0.39 is 64.9 Å². The first-order chi connectivity index (χ1) is 25.7. The van der Waals surface area contributed by atoms with E-state index in [1.807, 2.05) is 0 Å². The minimum absolute atomic E-state index is 0. The number of amides is 1. The summed E-state index contributed by atoms with van der Waals surface area (Å²) in [6, 6.07) is 5.90. The Balaban J connectivity index is 0.00000812. The summed E-state index contributed by atoms with van der Waals surface area (Å²) in [6.45, 7) is 1.34. The monoisotopic (exact) mass is 980 g/mol. The maximum absolute atomic E-state index is 13.5. The minimum atomic E-state index is -5.20. The van der Waals surface area contributed by atoms with E-state index in [4.69, 9.17) is 9.84 Å². The SMILES string of the molecule is CCOC(=O)c1nn(-c2cc(SOO[O-])ccc2S(=O)(=O)[O-])c(O)c1C=CC=C/C=C1\C(=O)N(c2cc(SOO[O-])ccc2S(=O)(=O)[O-])N=C1CC#CO.[K+].[K+].[K+].[K+]. The van der Waals surface area contributed by atoms with Crippen molar-refractivity contribution in [2.45, 2.75) is 32.9 Å². The summed E-state index contributed by atoms with van der Waals surface area (Å²) in [4.78, 5) is 24.6. The van der Waals surface area contributed by atoms with Gasteiger partial charge in [-0.2, -0.15) is 28.6 Å². The number of ether oxygens (including phenoxy) is 1. The van der Waals surface area contributed by atoms with Crippen LogP contribution in [-0.2, 0) is 48.5 Å². The number of aromatic nitrogens is 2. The Kier molecular flexibility index (Phi) is 29.1. The van der Waals surface area contributed by atoms with Gasteiger partial charge in [0.1, 0.15) is 26.3 Å². The number of hydrazone groups is 1. The number of esters is 1. The van der Waals surface area contributed by atoms with E-state index in [1.54, 1.807) is 6.11 Å². The van der Waals surface area contributed by atoms with Crippen LogP contribution >= 0.6 is 24.1 Å². The third kappa shape index (κ3) is 16.2. The fourth-order valence-electron chi connectivity index (χ4n) is 4.46. The second kappa shape index (κ2) is 28.4. The molecule has 0 atom stereocenters. The van der Waals surface area contributed by atoms with Crippen LogP contribution in [-0.4, -0.2) is 70.1 Å². The third-order valence-electron chi connectivity index (χ3n) is 6.57. The molecular formula is C29H20K4N4O17S4. The molecule has 0 bridgehead atoms. The molecule has 0 fully saturated rings. The van der Waals surface area contributed by atoms with E-state index in [-0.39, 0.29) is 245 Å². The fraction of sp³-hybridized carbons (Fsp3) is 0.103. The normalized spacial score (nSPS) is 13.3. The molecule has 0 spiro atoms. The minimum Gasteiger partial charge on any atom is -0.744 e. The Morgan fingerprint density at radius 1 is 0.897 bits per heavy atom. The van der Waals surface area contributed by atoms with E-state index in [0.29, 0.717) is 33.8 Å². The van der Waals surface area contributed by atoms with E-state index >= 15 is 0 Å². The maximum atomic E-state index is 13.5. The van der Waals surface area contributed by atoms with Crippen molar-refractivity contribution in [3.8, 4) is 23.6 Å². The van der Waals surface area contributed by atoms with Crippen molar-refractivity contribution in [1.82, 2.24) is 9.78 Å². The second-order valence-corrected chi connectivity index (χ2v) is 14.0. The number of carbonyl (C=O) groups is 2. The van der Waals surface area contributed by atoms with E-state index in [0.717, 1.165) is 42.5 Å². The van der Waals surface area contributed by atoms with Crippen LogP contribution in [0.25, 0.3) is 11.8 Å². The molecule has 1 aliphatic heterocycles. The molecule has 0 unspecified atom stereocenters. The molecule has 1 aromatic heterocycles. The first-order valence-electron chi connectivity index (χ1n) is 14.2. The van der Waals surface area contributed by atoms with Gasteiger partial charge in [-0.1, -0.05) is 24.1 Å². The number of benzene rings is 2. The molecule has 0 saturated heterocycles. The standard InChI is InChI=1S/C29H24N4O17S4.4K/c1-2-46-29(37)26-20(28(36)33(31-26)23-16-18(52-50-48-39)11-13-25(23)54(43,44)45)8-5-3-4-7-19-21(9-6-14-34)30-32(27(19)35)22-15-17(51-49-47-38)10-12-24(22)53(40,41)42;;;;/h3-5,7-8,10-13,15-16,34,36,38-39H,2,9H2,1H3,(H,40,41,42)(H,43,44,45);;;;/q;4*+1/p-4/b4-3?,8-5?,19-7-;;;;. The summed E-state index contributed by atoms with van der Waals surface area (Å²) >= 11 is 0.664. The number of allylic oxidation sites excluding steroid dienone is 4. The zero-order chi connectivity index (χ0) is 39.6. The van der Waals surface area contributed by atoms with Crippen molar-refractivity contribution in [2.24, 2.45) is 5.10 Å². The van der Waals surface area contributed by atoms with Crippen LogP contribution in [0.3, 0.4) is 0 Å². The van der Waals surface area contributed by atoms with Gasteiger partial charge < -0.3 is 34.6 Å². The van der Waals surface area contributed by atoms with Crippen LogP contribution in [0.15, 0.2) is 91.0 Å². The average Bonchev–Trinajstić information content (AvgIpc) is 3.62. The topological polar surface area (TPSA) is 315 Å². The summed E-state index contributed by atoms with van der Waals surface area (Å²) in [6.07, 6.45) is 7.42. The van der Waals surface area contributed by atoms with Gasteiger partial charge in [0.25, 0.3) is 5.91 Å². The van der Waals surface area contributed by atoms with Gasteiger partial charge >= 0.3 is 212 Å². The summed E-state index contributed by atoms with van der Waals surface area (Å²) in [5.41, 5.74) is -2.18. The van der Waals surface area contributed by atoms with Crippen molar-refractivity contribution in [3.63, 3.8) is 0 Å². The number of hydrogen-bond acceptors (Lipinski definition) is 21. The number of aliphatic hydroxyl groups excluding tert-OH is 1. The average molecular weight is 981 g/mol. The van der Waals surface area contributed by atoms with E-state index in [1.165, 1.54) is 31.2 Å². The number of aromatic hydroxyl groups is 1. The van der Waals surface area contributed by atoms with Crippen LogP contribution in [0.5, 0.6) is 5.88 Å². The van der Waals surface area contributed by atoms with Crippen molar-refractivity contribution in [3.05, 3.63) is 77.5 Å². The van der Waals surface area contributed by atoms with E-state index in [9.17, 15) is 51.2 Å². The van der Waals surface area contributed by atoms with Crippen LogP contribution in [0.2, 0.25) is 0 Å². The molecule has 2 aromatic carbocycles. The Bertz CT molecular complexity index is 2360. The molecule has 3 aromatic rings. The Morgan fingerprint density at radius 3 is 1.97 bits per heavy atom. The first-order valence-corrected chi connectivity index (χ1v) is 18.5. The number of aliphatic hydroxyl groups is 1. The van der Waals surface area contributed by atoms with Crippen molar-refractivity contribution in [1.29, 1.82) is 0 Å². The number of hydrogen-bond donors (Lipinski definition) is 2. The van der Waals surface area contributed by atoms with Crippen molar-refractivity contribution >= 4 is 73.7 Å². The van der Waals surface area contributed by atoms with Gasteiger partial charge in [-0.15, -0.1) is 0 Å². The predicted octanol–water partition coefficient (Wildman–Crippen LogP) is -11.3. The number of rotatable bonds is 16. The predicted molar refractivity (Wildman–Crippen MR) is 175 cm³/mol. The summed E-state index contributed by atoms with van der Waals surface area (Å²) in [5, 5.41) is 55.8. The van der Waals surface area contributed by atoms with Gasteiger partial charge in [0.15, 0.2) is 5.69 Å². The fourth-order valence-corrected chi connectivity index (χ4v) is 6.51. The third-order valence-corrected chi connectivity index (χ3v) is 9.48. The van der Waals surface area contributed by atoms with E-state index in [2.05, 4.69) is 34.9 Å². The van der Waals surface area contributed by atoms with Crippen LogP contribution in [0.4, 0.5) is 5.69 Å². The summed E-state index contributed by atoms with van der Waals surface area (Å²) in [5.74, 6) is -0.565. The first kappa shape index (κ1) is 59.5. The molecule has 21 nitrogen and oxygen atoms in total. The van der Waals surface area contributed by atoms with Gasteiger partial charge in [-0.25, -0.2) is 21.6 Å². The molecule has 286 valence electrons. The molecule has 2 heterocycles. The van der Waals surface area contributed by atoms with Crippen LogP contribution in [0, 0.1) is 12.0 Å². The molecule has 29 heteroatoms. The number of anilines is 1. The quantitative estimate of drug-likeness (QED) is 0.0155. The van der Waals surface area contributed by atoms with Crippen LogP contribution in [0.1, 0.15) is 29.4 Å². The zero-order valence-electron chi connectivity index (χ0n) is 30.7. The Hall–Kier alpha value is 1.47. The molecule has 0 aliphatic carbocycles. The Labute approximate surface area is 508 Å². The molecule has 1 aliphatic rings. The maximum Gasteiger partial charge on any atom is 1.00 e. The zero-order valence-corrected chi connectivity index (χ0v) is 46.5. The van der Waals surface area contributed by atoms with Gasteiger partial charge in [0.05, 0.1) is 75.1 Å².